The highest BCUT2D eigenvalue weighted by Crippen LogP contribution is 2.19. The number of aromatic nitrogens is 2. The van der Waals surface area contributed by atoms with Crippen molar-refractivity contribution < 1.29 is 14.3 Å². The third kappa shape index (κ3) is 4.28. The SMILES string of the molecule is O=C(NCc1c[nH]c2ccccc12)c1ccnc(OCC2CCOCC2)c1. The van der Waals surface area contributed by atoms with Crippen LogP contribution in [-0.4, -0.2) is 35.7 Å². The molecule has 1 fully saturated rings. The van der Waals surface area contributed by atoms with Crippen molar-refractivity contribution in [2.24, 2.45) is 5.92 Å². The largest absolute Gasteiger partial charge is 0.477 e. The highest BCUT2D eigenvalue weighted by Gasteiger charge is 2.15. The number of carbonyl (C=O) groups is 1. The summed E-state index contributed by atoms with van der Waals surface area (Å²) in [6, 6.07) is 11.4. The van der Waals surface area contributed by atoms with Crippen molar-refractivity contribution in [3.8, 4) is 5.88 Å². The van der Waals surface area contributed by atoms with Crippen LogP contribution in [0.2, 0.25) is 0 Å². The first kappa shape index (κ1) is 17.5. The molecule has 0 unspecified atom stereocenters. The van der Waals surface area contributed by atoms with Gasteiger partial charge in [-0.25, -0.2) is 4.98 Å². The number of H-pyrrole nitrogens is 1. The Bertz CT molecular complexity index is 916. The van der Waals surface area contributed by atoms with Crippen molar-refractivity contribution in [2.45, 2.75) is 19.4 Å². The first-order valence-corrected chi connectivity index (χ1v) is 9.29. The molecular weight excluding hydrogens is 342 g/mol. The second-order valence-corrected chi connectivity index (χ2v) is 6.79. The quantitative estimate of drug-likeness (QED) is 0.703. The van der Waals surface area contributed by atoms with Crippen LogP contribution in [0.25, 0.3) is 10.9 Å². The Morgan fingerprint density at radius 2 is 2.11 bits per heavy atom. The first-order valence-electron chi connectivity index (χ1n) is 9.29. The summed E-state index contributed by atoms with van der Waals surface area (Å²) in [7, 11) is 0. The molecule has 140 valence electrons. The molecule has 0 atom stereocenters. The number of fused-ring (bicyclic) bond motifs is 1. The topological polar surface area (TPSA) is 76.2 Å². The van der Waals surface area contributed by atoms with Crippen LogP contribution in [0.15, 0.2) is 48.8 Å². The van der Waals surface area contributed by atoms with E-state index in [9.17, 15) is 4.79 Å². The smallest absolute Gasteiger partial charge is 0.251 e. The van der Waals surface area contributed by atoms with Gasteiger partial charge in [0, 0.05) is 54.7 Å². The maximum Gasteiger partial charge on any atom is 0.251 e. The molecule has 27 heavy (non-hydrogen) atoms. The van der Waals surface area contributed by atoms with E-state index in [-0.39, 0.29) is 5.91 Å². The maximum absolute atomic E-state index is 12.5. The summed E-state index contributed by atoms with van der Waals surface area (Å²) in [4.78, 5) is 20.0. The number of nitrogens with zero attached hydrogens (tertiary/aromatic N) is 1. The Kier molecular flexibility index (Phi) is 5.34. The lowest BCUT2D eigenvalue weighted by Crippen LogP contribution is -2.23. The Labute approximate surface area is 157 Å². The molecule has 1 aromatic carbocycles. The number of hydrogen-bond acceptors (Lipinski definition) is 4. The Morgan fingerprint density at radius 3 is 3.00 bits per heavy atom. The number of pyridine rings is 1. The molecule has 0 aliphatic carbocycles. The molecule has 2 aromatic heterocycles. The van der Waals surface area contributed by atoms with E-state index < -0.39 is 0 Å². The van der Waals surface area contributed by atoms with Crippen LogP contribution in [0.4, 0.5) is 0 Å². The fraction of sp³-hybridized carbons (Fsp3) is 0.333. The van der Waals surface area contributed by atoms with Gasteiger partial charge >= 0.3 is 0 Å². The number of benzene rings is 1. The molecule has 0 spiro atoms. The molecule has 1 aliphatic heterocycles. The molecule has 0 saturated carbocycles. The number of ether oxygens (including phenoxy) is 2. The third-order valence-electron chi connectivity index (χ3n) is 4.92. The van der Waals surface area contributed by atoms with Gasteiger partial charge in [-0.1, -0.05) is 18.2 Å². The molecule has 3 heterocycles. The number of para-hydroxylation sites is 1. The Morgan fingerprint density at radius 1 is 1.26 bits per heavy atom. The highest BCUT2D eigenvalue weighted by atomic mass is 16.5. The van der Waals surface area contributed by atoms with E-state index in [4.69, 9.17) is 9.47 Å². The van der Waals surface area contributed by atoms with E-state index in [0.29, 0.717) is 30.5 Å². The summed E-state index contributed by atoms with van der Waals surface area (Å²) in [5.41, 5.74) is 2.67. The van der Waals surface area contributed by atoms with Gasteiger partial charge in [0.2, 0.25) is 5.88 Å². The fourth-order valence-electron chi connectivity index (χ4n) is 3.30. The molecule has 4 rings (SSSR count). The molecule has 1 amide bonds. The number of carbonyl (C=O) groups excluding carboxylic acids is 1. The zero-order chi connectivity index (χ0) is 18.5. The van der Waals surface area contributed by atoms with Gasteiger partial charge in [0.1, 0.15) is 0 Å². The van der Waals surface area contributed by atoms with Crippen molar-refractivity contribution in [1.82, 2.24) is 15.3 Å². The van der Waals surface area contributed by atoms with E-state index in [0.717, 1.165) is 42.5 Å². The summed E-state index contributed by atoms with van der Waals surface area (Å²) < 4.78 is 11.2. The van der Waals surface area contributed by atoms with E-state index in [1.165, 1.54) is 0 Å². The molecule has 2 N–H and O–H groups in total. The normalized spacial score (nSPS) is 15.0. The minimum absolute atomic E-state index is 0.140. The molecule has 3 aromatic rings. The van der Waals surface area contributed by atoms with Crippen LogP contribution in [0.5, 0.6) is 5.88 Å². The zero-order valence-electron chi connectivity index (χ0n) is 15.1. The Balaban J connectivity index is 1.35. The van der Waals surface area contributed by atoms with Gasteiger partial charge in [-0.15, -0.1) is 0 Å². The van der Waals surface area contributed by atoms with Crippen LogP contribution >= 0.6 is 0 Å². The van der Waals surface area contributed by atoms with Gasteiger partial charge in [0.05, 0.1) is 6.61 Å². The average Bonchev–Trinajstić information content (AvgIpc) is 3.15. The molecule has 1 saturated heterocycles. The van der Waals surface area contributed by atoms with Crippen molar-refractivity contribution >= 4 is 16.8 Å². The van der Waals surface area contributed by atoms with E-state index in [1.54, 1.807) is 18.3 Å². The van der Waals surface area contributed by atoms with E-state index in [1.807, 2.05) is 30.5 Å². The summed E-state index contributed by atoms with van der Waals surface area (Å²) in [5.74, 6) is 0.833. The van der Waals surface area contributed by atoms with Crippen LogP contribution in [0.3, 0.4) is 0 Å². The second kappa shape index (κ2) is 8.22. The van der Waals surface area contributed by atoms with Gasteiger partial charge < -0.3 is 19.8 Å². The lowest BCUT2D eigenvalue weighted by Gasteiger charge is -2.21. The van der Waals surface area contributed by atoms with Crippen molar-refractivity contribution in [3.05, 3.63) is 59.9 Å². The molecule has 6 nitrogen and oxygen atoms in total. The van der Waals surface area contributed by atoms with Gasteiger partial charge in [0.15, 0.2) is 0 Å². The van der Waals surface area contributed by atoms with Gasteiger partial charge in [-0.2, -0.15) is 0 Å². The standard InChI is InChI=1S/C21H23N3O3/c25-21(24-13-17-12-23-19-4-2-1-3-18(17)19)16-5-8-22-20(11-16)27-14-15-6-9-26-10-7-15/h1-5,8,11-12,15,23H,6-7,9-10,13-14H2,(H,24,25). The summed E-state index contributed by atoms with van der Waals surface area (Å²) >= 11 is 0. The summed E-state index contributed by atoms with van der Waals surface area (Å²) in [6.45, 7) is 2.65. The van der Waals surface area contributed by atoms with Crippen LogP contribution < -0.4 is 10.1 Å². The molecule has 1 aliphatic rings. The number of hydrogen-bond donors (Lipinski definition) is 2. The predicted molar refractivity (Wildman–Crippen MR) is 103 cm³/mol. The number of amides is 1. The Hall–Kier alpha value is -2.86. The molecule has 0 bridgehead atoms. The molecule has 0 radical (unpaired) electrons. The van der Waals surface area contributed by atoms with Crippen LogP contribution in [0.1, 0.15) is 28.8 Å². The molecule has 6 heteroatoms. The van der Waals surface area contributed by atoms with Crippen molar-refractivity contribution in [3.63, 3.8) is 0 Å². The second-order valence-electron chi connectivity index (χ2n) is 6.79. The van der Waals surface area contributed by atoms with Gasteiger partial charge in [0.25, 0.3) is 5.91 Å². The van der Waals surface area contributed by atoms with Gasteiger partial charge in [-0.05, 0) is 36.5 Å². The minimum Gasteiger partial charge on any atom is -0.477 e. The van der Waals surface area contributed by atoms with E-state index >= 15 is 0 Å². The first-order chi connectivity index (χ1) is 13.3. The fourth-order valence-corrected chi connectivity index (χ4v) is 3.30. The summed E-state index contributed by atoms with van der Waals surface area (Å²) in [6.07, 6.45) is 5.55. The van der Waals surface area contributed by atoms with Crippen molar-refractivity contribution in [2.75, 3.05) is 19.8 Å². The van der Waals surface area contributed by atoms with E-state index in [2.05, 4.69) is 15.3 Å². The third-order valence-corrected chi connectivity index (χ3v) is 4.92. The number of rotatable bonds is 6. The molecular formula is C21H23N3O3. The average molecular weight is 365 g/mol. The lowest BCUT2D eigenvalue weighted by atomic mass is 10.0. The number of nitrogens with one attached hydrogen (secondary N) is 2. The van der Waals surface area contributed by atoms with Gasteiger partial charge in [-0.3, -0.25) is 4.79 Å². The monoisotopic (exact) mass is 365 g/mol. The van der Waals surface area contributed by atoms with Crippen LogP contribution in [-0.2, 0) is 11.3 Å². The highest BCUT2D eigenvalue weighted by molar-refractivity contribution is 5.94. The lowest BCUT2D eigenvalue weighted by molar-refractivity contribution is 0.0490. The number of aromatic amines is 1. The van der Waals surface area contributed by atoms with Crippen molar-refractivity contribution in [1.29, 1.82) is 0 Å². The minimum atomic E-state index is -0.140. The maximum atomic E-state index is 12.5. The zero-order valence-corrected chi connectivity index (χ0v) is 15.1. The predicted octanol–water partition coefficient (Wildman–Crippen LogP) is 3.30. The van der Waals surface area contributed by atoms with Crippen LogP contribution in [0, 0.1) is 5.92 Å². The summed E-state index contributed by atoms with van der Waals surface area (Å²) in [5, 5.41) is 4.09.